The molecular weight excluding hydrogens is 402 g/mol. The molecule has 1 atom stereocenters. The number of ether oxygens (including phenoxy) is 1. The Bertz CT molecular complexity index is 1160. The minimum Gasteiger partial charge on any atom is -0.384 e. The van der Waals surface area contributed by atoms with Gasteiger partial charge in [-0.15, -0.1) is 0 Å². The highest BCUT2D eigenvalue weighted by atomic mass is 35.5. The monoisotopic (exact) mass is 421 g/mol. The van der Waals surface area contributed by atoms with Crippen LogP contribution < -0.4 is 10.6 Å². The summed E-state index contributed by atoms with van der Waals surface area (Å²) in [4.78, 5) is 13.9. The third-order valence-corrected chi connectivity index (χ3v) is 6.98. The van der Waals surface area contributed by atoms with Crippen LogP contribution in [0.25, 0.3) is 11.0 Å². The number of nitrogens with one attached hydrogen (secondary N) is 1. The van der Waals surface area contributed by atoms with E-state index in [-0.39, 0.29) is 32.3 Å². The van der Waals surface area contributed by atoms with Gasteiger partial charge in [0.05, 0.1) is 22.6 Å². The first-order valence-electron chi connectivity index (χ1n) is 8.81. The van der Waals surface area contributed by atoms with E-state index >= 15 is 0 Å². The Kier molecular flexibility index (Phi) is 4.68. The number of morpholine rings is 1. The molecule has 1 aliphatic rings. The lowest BCUT2D eigenvalue weighted by Crippen LogP contribution is -2.41. The predicted molar refractivity (Wildman–Crippen MR) is 108 cm³/mol. The lowest BCUT2D eigenvalue weighted by Gasteiger charge is -2.32. The van der Waals surface area contributed by atoms with Gasteiger partial charge in [0.15, 0.2) is 5.82 Å². The molecular formula is C18H20ClN5O3S. The molecule has 0 radical (unpaired) electrons. The molecule has 3 aromatic rings. The van der Waals surface area contributed by atoms with Crippen molar-refractivity contribution in [3.63, 3.8) is 0 Å². The number of hydrogen-bond acceptors (Lipinski definition) is 7. The fraction of sp³-hybridized carbons (Fsp3) is 0.333. The molecule has 28 heavy (non-hydrogen) atoms. The van der Waals surface area contributed by atoms with Crippen molar-refractivity contribution >= 4 is 44.1 Å². The van der Waals surface area contributed by atoms with Crippen molar-refractivity contribution in [2.24, 2.45) is 0 Å². The number of benzene rings is 1. The van der Waals surface area contributed by atoms with Crippen LogP contribution in [0.4, 0.5) is 11.6 Å². The number of sulfone groups is 1. The summed E-state index contributed by atoms with van der Waals surface area (Å²) < 4.78 is 32.2. The quantitative estimate of drug-likeness (QED) is 0.667. The maximum Gasteiger partial charge on any atom is 0.213 e. The number of halogens is 1. The molecule has 0 spiro atoms. The van der Waals surface area contributed by atoms with Crippen LogP contribution >= 0.6 is 11.6 Å². The van der Waals surface area contributed by atoms with Gasteiger partial charge in [-0.05, 0) is 26.0 Å². The van der Waals surface area contributed by atoms with Crippen LogP contribution in [0.15, 0.2) is 34.1 Å². The van der Waals surface area contributed by atoms with Gasteiger partial charge in [0.1, 0.15) is 27.6 Å². The molecule has 0 unspecified atom stereocenters. The molecule has 0 aliphatic carbocycles. The molecule has 4 rings (SSSR count). The van der Waals surface area contributed by atoms with Crippen molar-refractivity contribution < 1.29 is 13.2 Å². The fourth-order valence-electron chi connectivity index (χ4n) is 3.44. The number of rotatable bonds is 3. The first-order chi connectivity index (χ1) is 13.3. The lowest BCUT2D eigenvalue weighted by molar-refractivity contribution is 0.0530. The van der Waals surface area contributed by atoms with Gasteiger partial charge in [0, 0.05) is 13.1 Å². The molecule has 8 nitrogen and oxygen atoms in total. The Balaban J connectivity index is 1.94. The summed E-state index contributed by atoms with van der Waals surface area (Å²) in [5.41, 5.74) is 6.87. The molecule has 3 heterocycles. The topological polar surface area (TPSA) is 114 Å². The summed E-state index contributed by atoms with van der Waals surface area (Å²) in [6.07, 6.45) is 0.0395. The van der Waals surface area contributed by atoms with Crippen molar-refractivity contribution in [1.82, 2.24) is 15.0 Å². The zero-order valence-electron chi connectivity index (χ0n) is 15.4. The van der Waals surface area contributed by atoms with Crippen LogP contribution in [-0.2, 0) is 14.6 Å². The molecule has 1 aromatic carbocycles. The van der Waals surface area contributed by atoms with E-state index in [0.717, 1.165) is 0 Å². The molecule has 0 amide bonds. The number of H-pyrrole nitrogens is 1. The summed E-state index contributed by atoms with van der Waals surface area (Å²) >= 11 is 6.14. The number of fused-ring (bicyclic) bond motifs is 1. The van der Waals surface area contributed by atoms with E-state index < -0.39 is 9.84 Å². The van der Waals surface area contributed by atoms with Crippen LogP contribution in [0.5, 0.6) is 0 Å². The summed E-state index contributed by atoms with van der Waals surface area (Å²) in [6, 6.07) is 6.27. The first kappa shape index (κ1) is 19.0. The maximum atomic E-state index is 13.3. The number of nitrogens with two attached hydrogens (primary N) is 1. The van der Waals surface area contributed by atoms with Gasteiger partial charge in [-0.2, -0.15) is 0 Å². The number of aromatic nitrogens is 3. The standard InChI is InChI=1S/C18H20ClN5O3S/c1-10-9-24(7-8-27-10)18-15-14(21-11(2)22-18)16(17(20)23-15)28(25,26)13-6-4-3-5-12(13)19/h3-6,10,23H,7-9,20H2,1-2H3/t10-/m0/s1. The van der Waals surface area contributed by atoms with E-state index in [1.807, 2.05) is 11.8 Å². The third kappa shape index (κ3) is 3.09. The van der Waals surface area contributed by atoms with Gasteiger partial charge in [0.25, 0.3) is 0 Å². The average molecular weight is 422 g/mol. The van der Waals surface area contributed by atoms with Gasteiger partial charge in [0.2, 0.25) is 9.84 Å². The molecule has 3 N–H and O–H groups in total. The molecule has 1 fully saturated rings. The van der Waals surface area contributed by atoms with Crippen LogP contribution in [0.3, 0.4) is 0 Å². The highest BCUT2D eigenvalue weighted by Gasteiger charge is 2.31. The second-order valence-electron chi connectivity index (χ2n) is 6.75. The Morgan fingerprint density at radius 2 is 2.07 bits per heavy atom. The van der Waals surface area contributed by atoms with E-state index in [0.29, 0.717) is 36.9 Å². The number of hydrogen-bond donors (Lipinski definition) is 2. The van der Waals surface area contributed by atoms with Crippen LogP contribution in [0.2, 0.25) is 5.02 Å². The van der Waals surface area contributed by atoms with Gasteiger partial charge in [-0.25, -0.2) is 18.4 Å². The predicted octanol–water partition coefficient (Wildman–Crippen LogP) is 2.56. The Morgan fingerprint density at radius 3 is 2.79 bits per heavy atom. The maximum absolute atomic E-state index is 13.3. The van der Waals surface area contributed by atoms with Crippen molar-refractivity contribution in [2.75, 3.05) is 30.3 Å². The highest BCUT2D eigenvalue weighted by Crippen LogP contribution is 2.37. The van der Waals surface area contributed by atoms with E-state index in [1.165, 1.54) is 12.1 Å². The second-order valence-corrected chi connectivity index (χ2v) is 9.01. The Morgan fingerprint density at radius 1 is 1.32 bits per heavy atom. The fourth-order valence-corrected chi connectivity index (χ4v) is 5.43. The second kappa shape index (κ2) is 6.91. The van der Waals surface area contributed by atoms with E-state index in [4.69, 9.17) is 22.1 Å². The number of nitrogen functional groups attached to an aromatic ring is 1. The van der Waals surface area contributed by atoms with Gasteiger partial charge in [-0.3, -0.25) is 0 Å². The highest BCUT2D eigenvalue weighted by molar-refractivity contribution is 7.92. The molecule has 1 saturated heterocycles. The summed E-state index contributed by atoms with van der Waals surface area (Å²) in [5.74, 6) is 1.08. The van der Waals surface area contributed by atoms with Gasteiger partial charge < -0.3 is 20.4 Å². The average Bonchev–Trinajstić information content (AvgIpc) is 2.97. The summed E-state index contributed by atoms with van der Waals surface area (Å²) in [6.45, 7) is 5.54. The normalized spacial score (nSPS) is 18.0. The zero-order chi connectivity index (χ0) is 20.1. The SMILES string of the molecule is Cc1nc(N2CCO[C@@H](C)C2)c2[nH]c(N)c(S(=O)(=O)c3ccccc3Cl)c2n1. The molecule has 148 valence electrons. The van der Waals surface area contributed by atoms with Gasteiger partial charge in [-0.1, -0.05) is 23.7 Å². The lowest BCUT2D eigenvalue weighted by atomic mass is 10.3. The molecule has 0 bridgehead atoms. The van der Waals surface area contributed by atoms with Crippen LogP contribution in [0.1, 0.15) is 12.7 Å². The van der Waals surface area contributed by atoms with E-state index in [1.54, 1.807) is 19.1 Å². The largest absolute Gasteiger partial charge is 0.384 e. The van der Waals surface area contributed by atoms with Crippen molar-refractivity contribution in [1.29, 1.82) is 0 Å². The Labute approximate surface area is 167 Å². The van der Waals surface area contributed by atoms with Crippen LogP contribution in [0, 0.1) is 6.92 Å². The van der Waals surface area contributed by atoms with Gasteiger partial charge >= 0.3 is 0 Å². The summed E-state index contributed by atoms with van der Waals surface area (Å²) in [7, 11) is -3.98. The number of anilines is 2. The molecule has 10 heteroatoms. The minimum atomic E-state index is -3.98. The number of aryl methyl sites for hydroxylation is 1. The number of nitrogens with zero attached hydrogens (tertiary/aromatic N) is 3. The van der Waals surface area contributed by atoms with Crippen molar-refractivity contribution in [3.8, 4) is 0 Å². The molecule has 2 aromatic heterocycles. The van der Waals surface area contributed by atoms with E-state index in [9.17, 15) is 8.42 Å². The third-order valence-electron chi connectivity index (χ3n) is 4.66. The number of aromatic amines is 1. The minimum absolute atomic E-state index is 0.0115. The van der Waals surface area contributed by atoms with E-state index in [2.05, 4.69) is 15.0 Å². The smallest absolute Gasteiger partial charge is 0.213 e. The van der Waals surface area contributed by atoms with Crippen molar-refractivity contribution in [2.45, 2.75) is 29.7 Å². The van der Waals surface area contributed by atoms with Crippen molar-refractivity contribution in [3.05, 3.63) is 35.1 Å². The molecule has 0 saturated carbocycles. The van der Waals surface area contributed by atoms with Crippen LogP contribution in [-0.4, -0.2) is 49.2 Å². The zero-order valence-corrected chi connectivity index (χ0v) is 17.0. The Hall–Kier alpha value is -2.36. The first-order valence-corrected chi connectivity index (χ1v) is 10.7. The molecule has 1 aliphatic heterocycles. The summed E-state index contributed by atoms with van der Waals surface area (Å²) in [5, 5.41) is 0.129.